The van der Waals surface area contributed by atoms with Crippen molar-refractivity contribution in [2.24, 2.45) is 0 Å². The van der Waals surface area contributed by atoms with Crippen molar-refractivity contribution >= 4 is 5.91 Å². The maximum absolute atomic E-state index is 11.9. The molecule has 1 unspecified atom stereocenters. The van der Waals surface area contributed by atoms with Gasteiger partial charge in [-0.1, -0.05) is 29.8 Å². The number of nitrogens with zero attached hydrogens (tertiary/aromatic N) is 2. The molecule has 0 saturated carbocycles. The van der Waals surface area contributed by atoms with Gasteiger partial charge in [0.25, 0.3) is 0 Å². The molecule has 5 heteroatoms. The average Bonchev–Trinajstić information content (AvgIpc) is 3.00. The van der Waals surface area contributed by atoms with Crippen LogP contribution in [0.1, 0.15) is 30.5 Å². The zero-order chi connectivity index (χ0) is 15.8. The van der Waals surface area contributed by atoms with Gasteiger partial charge in [-0.15, -0.1) is 0 Å². The number of carbonyl (C=O) groups is 1. The van der Waals surface area contributed by atoms with Crippen LogP contribution < -0.4 is 10.6 Å². The molecule has 0 bridgehead atoms. The van der Waals surface area contributed by atoms with Crippen LogP contribution >= 0.6 is 0 Å². The van der Waals surface area contributed by atoms with E-state index in [4.69, 9.17) is 0 Å². The predicted molar refractivity (Wildman–Crippen MR) is 87.5 cm³/mol. The summed E-state index contributed by atoms with van der Waals surface area (Å²) in [6, 6.07) is 8.26. The van der Waals surface area contributed by atoms with E-state index < -0.39 is 0 Å². The number of carbonyl (C=O) groups excluding carboxylic acids is 1. The highest BCUT2D eigenvalue weighted by atomic mass is 16.1. The molecular formula is C17H24N4O. The number of benzene rings is 1. The molecule has 0 radical (unpaired) electrons. The lowest BCUT2D eigenvalue weighted by Crippen LogP contribution is -2.35. The summed E-state index contributed by atoms with van der Waals surface area (Å²) in [5.74, 6) is 0.0238. The van der Waals surface area contributed by atoms with Gasteiger partial charge in [-0.05, 0) is 32.4 Å². The molecule has 1 atom stereocenters. The Morgan fingerprint density at radius 1 is 1.32 bits per heavy atom. The topological polar surface area (TPSA) is 59.0 Å². The van der Waals surface area contributed by atoms with E-state index in [-0.39, 0.29) is 11.9 Å². The standard InChI is InChI=1S/C17H24N4O/c1-14-4-6-16(7-5-14)15(2)20-17(22)12-18-8-3-10-21-11-9-19-13-21/h4-7,9,11,13,15,18H,3,8,10,12H2,1-2H3,(H,20,22). The largest absolute Gasteiger partial charge is 0.348 e. The summed E-state index contributed by atoms with van der Waals surface area (Å²) in [6.45, 7) is 6.13. The highest BCUT2D eigenvalue weighted by molar-refractivity contribution is 5.78. The van der Waals surface area contributed by atoms with Crippen LogP contribution in [0.3, 0.4) is 0 Å². The van der Waals surface area contributed by atoms with Crippen molar-refractivity contribution in [3.8, 4) is 0 Å². The Morgan fingerprint density at radius 3 is 2.77 bits per heavy atom. The number of hydrogen-bond donors (Lipinski definition) is 2. The third-order valence-corrected chi connectivity index (χ3v) is 3.57. The molecule has 0 fully saturated rings. The third kappa shape index (κ3) is 5.33. The van der Waals surface area contributed by atoms with Crippen molar-refractivity contribution in [3.05, 3.63) is 54.1 Å². The fourth-order valence-electron chi connectivity index (χ4n) is 2.24. The van der Waals surface area contributed by atoms with Crippen LogP contribution in [0.5, 0.6) is 0 Å². The Hall–Kier alpha value is -2.14. The Balaban J connectivity index is 1.62. The first-order valence-electron chi connectivity index (χ1n) is 7.67. The molecule has 0 aliphatic rings. The van der Waals surface area contributed by atoms with Gasteiger partial charge in [-0.3, -0.25) is 4.79 Å². The minimum absolute atomic E-state index is 0.0238. The first-order chi connectivity index (χ1) is 10.6. The molecule has 22 heavy (non-hydrogen) atoms. The third-order valence-electron chi connectivity index (χ3n) is 3.57. The second kappa shape index (κ2) is 8.34. The van der Waals surface area contributed by atoms with Crippen molar-refractivity contribution < 1.29 is 4.79 Å². The summed E-state index contributed by atoms with van der Waals surface area (Å²) in [4.78, 5) is 15.9. The van der Waals surface area contributed by atoms with Crippen molar-refractivity contribution in [3.63, 3.8) is 0 Å². The average molecular weight is 300 g/mol. The van der Waals surface area contributed by atoms with Gasteiger partial charge in [0.2, 0.25) is 5.91 Å². The molecule has 0 aliphatic carbocycles. The summed E-state index contributed by atoms with van der Waals surface area (Å²) in [5, 5.41) is 6.17. The zero-order valence-electron chi connectivity index (χ0n) is 13.2. The van der Waals surface area contributed by atoms with Crippen LogP contribution in [-0.2, 0) is 11.3 Å². The second-order valence-electron chi connectivity index (χ2n) is 5.53. The summed E-state index contributed by atoms with van der Waals surface area (Å²) < 4.78 is 2.03. The van der Waals surface area contributed by atoms with E-state index in [1.54, 1.807) is 12.5 Å². The highest BCUT2D eigenvalue weighted by Gasteiger charge is 2.08. The van der Waals surface area contributed by atoms with Crippen LogP contribution in [-0.4, -0.2) is 28.5 Å². The first-order valence-corrected chi connectivity index (χ1v) is 7.67. The number of aryl methyl sites for hydroxylation is 2. The second-order valence-corrected chi connectivity index (χ2v) is 5.53. The summed E-state index contributed by atoms with van der Waals surface area (Å²) in [5.41, 5.74) is 2.35. The van der Waals surface area contributed by atoms with Crippen LogP contribution in [0.25, 0.3) is 0 Å². The van der Waals surface area contributed by atoms with Gasteiger partial charge >= 0.3 is 0 Å². The van der Waals surface area contributed by atoms with Crippen LogP contribution in [0, 0.1) is 6.92 Å². The van der Waals surface area contributed by atoms with Crippen LogP contribution in [0.15, 0.2) is 43.0 Å². The molecule has 1 aromatic heterocycles. The predicted octanol–water partition coefficient (Wildman–Crippen LogP) is 2.05. The molecule has 1 heterocycles. The fourth-order valence-corrected chi connectivity index (χ4v) is 2.24. The van der Waals surface area contributed by atoms with Gasteiger partial charge in [0, 0.05) is 18.9 Å². The molecule has 2 N–H and O–H groups in total. The van der Waals surface area contributed by atoms with Gasteiger partial charge in [-0.2, -0.15) is 0 Å². The maximum Gasteiger partial charge on any atom is 0.234 e. The highest BCUT2D eigenvalue weighted by Crippen LogP contribution is 2.12. The number of hydrogen-bond acceptors (Lipinski definition) is 3. The van der Waals surface area contributed by atoms with E-state index in [1.807, 2.05) is 17.7 Å². The lowest BCUT2D eigenvalue weighted by molar-refractivity contribution is -0.120. The van der Waals surface area contributed by atoms with E-state index in [9.17, 15) is 4.79 Å². The molecule has 5 nitrogen and oxygen atoms in total. The Labute approximate surface area is 131 Å². The fraction of sp³-hybridized carbons (Fsp3) is 0.412. The number of aromatic nitrogens is 2. The summed E-state index contributed by atoms with van der Waals surface area (Å²) in [7, 11) is 0. The SMILES string of the molecule is Cc1ccc(C(C)NC(=O)CNCCCn2ccnc2)cc1. The molecule has 2 rings (SSSR count). The molecule has 2 aromatic rings. The van der Waals surface area contributed by atoms with Gasteiger partial charge in [0.05, 0.1) is 18.9 Å². The zero-order valence-corrected chi connectivity index (χ0v) is 13.2. The molecule has 1 amide bonds. The van der Waals surface area contributed by atoms with Crippen molar-refractivity contribution in [2.45, 2.75) is 32.9 Å². The monoisotopic (exact) mass is 300 g/mol. The van der Waals surface area contributed by atoms with E-state index >= 15 is 0 Å². The quantitative estimate of drug-likeness (QED) is 0.734. The van der Waals surface area contributed by atoms with Gasteiger partial charge in [-0.25, -0.2) is 4.98 Å². The number of nitrogens with one attached hydrogen (secondary N) is 2. The van der Waals surface area contributed by atoms with E-state index in [2.05, 4.69) is 46.8 Å². The van der Waals surface area contributed by atoms with E-state index in [1.165, 1.54) is 5.56 Å². The van der Waals surface area contributed by atoms with Gasteiger partial charge in [0.1, 0.15) is 0 Å². The number of rotatable bonds is 8. The van der Waals surface area contributed by atoms with Gasteiger partial charge in [0.15, 0.2) is 0 Å². The van der Waals surface area contributed by atoms with Crippen molar-refractivity contribution in [1.29, 1.82) is 0 Å². The molecule has 0 aliphatic heterocycles. The summed E-state index contributed by atoms with van der Waals surface area (Å²) in [6.07, 6.45) is 6.48. The molecule has 0 saturated heterocycles. The van der Waals surface area contributed by atoms with E-state index in [0.717, 1.165) is 25.1 Å². The minimum Gasteiger partial charge on any atom is -0.348 e. The molecule has 1 aromatic carbocycles. The van der Waals surface area contributed by atoms with Crippen molar-refractivity contribution in [2.75, 3.05) is 13.1 Å². The minimum atomic E-state index is 0.0238. The smallest absolute Gasteiger partial charge is 0.234 e. The number of amides is 1. The first kappa shape index (κ1) is 16.2. The Morgan fingerprint density at radius 2 is 2.09 bits per heavy atom. The number of imidazole rings is 1. The Kier molecular flexibility index (Phi) is 6.15. The van der Waals surface area contributed by atoms with E-state index in [0.29, 0.717) is 6.54 Å². The maximum atomic E-state index is 11.9. The lowest BCUT2D eigenvalue weighted by atomic mass is 10.1. The molecular weight excluding hydrogens is 276 g/mol. The van der Waals surface area contributed by atoms with Crippen LogP contribution in [0.4, 0.5) is 0 Å². The Bertz CT molecular complexity index is 563. The van der Waals surface area contributed by atoms with Gasteiger partial charge < -0.3 is 15.2 Å². The molecule has 0 spiro atoms. The normalized spacial score (nSPS) is 12.1. The summed E-state index contributed by atoms with van der Waals surface area (Å²) >= 11 is 0. The van der Waals surface area contributed by atoms with Crippen molar-refractivity contribution in [1.82, 2.24) is 20.2 Å². The van der Waals surface area contributed by atoms with Crippen LogP contribution in [0.2, 0.25) is 0 Å². The lowest BCUT2D eigenvalue weighted by Gasteiger charge is -2.15. The molecule has 118 valence electrons.